The molecular formula is C10H10ClIO3. The molecule has 0 spiro atoms. The SMILES string of the molecule is CCOC(=O)c1c(I)ccc(OC)c1Cl. The monoisotopic (exact) mass is 340 g/mol. The van der Waals surface area contributed by atoms with Gasteiger partial charge in [0.2, 0.25) is 0 Å². The van der Waals surface area contributed by atoms with E-state index in [2.05, 4.69) is 0 Å². The lowest BCUT2D eigenvalue weighted by Crippen LogP contribution is -2.08. The summed E-state index contributed by atoms with van der Waals surface area (Å²) in [5, 5.41) is 0.294. The van der Waals surface area contributed by atoms with Crippen molar-refractivity contribution in [3.63, 3.8) is 0 Å². The molecule has 82 valence electrons. The molecule has 15 heavy (non-hydrogen) atoms. The number of hydrogen-bond donors (Lipinski definition) is 0. The van der Waals surface area contributed by atoms with Crippen LogP contribution in [0.1, 0.15) is 17.3 Å². The largest absolute Gasteiger partial charge is 0.495 e. The maximum Gasteiger partial charge on any atom is 0.340 e. The van der Waals surface area contributed by atoms with Gasteiger partial charge in [-0.3, -0.25) is 0 Å². The second-order valence-corrected chi connectivity index (χ2v) is 4.20. The summed E-state index contributed by atoms with van der Waals surface area (Å²) in [7, 11) is 1.50. The van der Waals surface area contributed by atoms with Crippen molar-refractivity contribution in [3.05, 3.63) is 26.3 Å². The molecule has 0 aliphatic rings. The van der Waals surface area contributed by atoms with Crippen molar-refractivity contribution in [3.8, 4) is 5.75 Å². The third kappa shape index (κ3) is 2.75. The van der Waals surface area contributed by atoms with Crippen LogP contribution in [-0.2, 0) is 4.74 Å². The van der Waals surface area contributed by atoms with Crippen LogP contribution in [0.2, 0.25) is 5.02 Å². The van der Waals surface area contributed by atoms with E-state index in [0.29, 0.717) is 22.9 Å². The highest BCUT2D eigenvalue weighted by Gasteiger charge is 2.18. The highest BCUT2D eigenvalue weighted by Crippen LogP contribution is 2.31. The molecule has 0 aliphatic carbocycles. The molecule has 5 heteroatoms. The number of benzene rings is 1. The lowest BCUT2D eigenvalue weighted by atomic mass is 10.2. The van der Waals surface area contributed by atoms with Gasteiger partial charge in [0.1, 0.15) is 5.75 Å². The van der Waals surface area contributed by atoms with Crippen LogP contribution < -0.4 is 4.74 Å². The van der Waals surface area contributed by atoms with Crippen molar-refractivity contribution in [2.45, 2.75) is 6.92 Å². The smallest absolute Gasteiger partial charge is 0.340 e. The second-order valence-electron chi connectivity index (χ2n) is 2.66. The summed E-state index contributed by atoms with van der Waals surface area (Å²) in [6.07, 6.45) is 0. The summed E-state index contributed by atoms with van der Waals surface area (Å²) in [5.74, 6) is 0.0472. The Morgan fingerprint density at radius 3 is 2.73 bits per heavy atom. The number of halogens is 2. The maximum absolute atomic E-state index is 11.6. The standard InChI is InChI=1S/C10H10ClIO3/c1-3-15-10(13)8-6(12)4-5-7(14-2)9(8)11/h4-5H,3H2,1-2H3. The van der Waals surface area contributed by atoms with E-state index < -0.39 is 5.97 Å². The van der Waals surface area contributed by atoms with Gasteiger partial charge in [-0.15, -0.1) is 0 Å². The first kappa shape index (κ1) is 12.6. The third-order valence-electron chi connectivity index (χ3n) is 1.76. The number of rotatable bonds is 3. The molecular weight excluding hydrogens is 330 g/mol. The summed E-state index contributed by atoms with van der Waals surface area (Å²) < 4.78 is 10.7. The molecule has 0 atom stereocenters. The van der Waals surface area contributed by atoms with E-state index in [1.54, 1.807) is 19.1 Å². The fourth-order valence-corrected chi connectivity index (χ4v) is 2.23. The maximum atomic E-state index is 11.6. The predicted molar refractivity (Wildman–Crippen MR) is 66.7 cm³/mol. The minimum Gasteiger partial charge on any atom is -0.495 e. The fraction of sp³-hybridized carbons (Fsp3) is 0.300. The van der Waals surface area contributed by atoms with Crippen LogP contribution >= 0.6 is 34.2 Å². The molecule has 0 bridgehead atoms. The zero-order valence-corrected chi connectivity index (χ0v) is 11.3. The molecule has 0 amide bonds. The van der Waals surface area contributed by atoms with Crippen molar-refractivity contribution in [1.29, 1.82) is 0 Å². The van der Waals surface area contributed by atoms with E-state index in [1.165, 1.54) is 7.11 Å². The lowest BCUT2D eigenvalue weighted by molar-refractivity contribution is 0.0525. The zero-order chi connectivity index (χ0) is 11.4. The van der Waals surface area contributed by atoms with Crippen molar-refractivity contribution in [2.75, 3.05) is 13.7 Å². The molecule has 0 fully saturated rings. The van der Waals surface area contributed by atoms with Gasteiger partial charge >= 0.3 is 5.97 Å². The first-order valence-electron chi connectivity index (χ1n) is 4.31. The highest BCUT2D eigenvalue weighted by molar-refractivity contribution is 14.1. The fourth-order valence-electron chi connectivity index (χ4n) is 1.08. The molecule has 0 unspecified atom stereocenters. The lowest BCUT2D eigenvalue weighted by Gasteiger charge is -2.09. The number of ether oxygens (including phenoxy) is 2. The number of methoxy groups -OCH3 is 1. The molecule has 1 aromatic rings. The summed E-state index contributed by atoms with van der Waals surface area (Å²) >= 11 is 8.05. The molecule has 0 saturated carbocycles. The van der Waals surface area contributed by atoms with Crippen molar-refractivity contribution >= 4 is 40.2 Å². The third-order valence-corrected chi connectivity index (χ3v) is 3.03. The number of esters is 1. The van der Waals surface area contributed by atoms with Gasteiger partial charge in [0.15, 0.2) is 0 Å². The zero-order valence-electron chi connectivity index (χ0n) is 8.34. The van der Waals surface area contributed by atoms with Gasteiger partial charge in [-0.1, -0.05) is 11.6 Å². The average Bonchev–Trinajstić information content (AvgIpc) is 2.18. The van der Waals surface area contributed by atoms with E-state index in [1.807, 2.05) is 22.6 Å². The van der Waals surface area contributed by atoms with Crippen LogP contribution in [0.5, 0.6) is 5.75 Å². The molecule has 0 aliphatic heterocycles. The summed E-state index contributed by atoms with van der Waals surface area (Å²) in [6.45, 7) is 2.07. The van der Waals surface area contributed by atoms with Crippen LogP contribution in [0.15, 0.2) is 12.1 Å². The Balaban J connectivity index is 3.20. The van der Waals surface area contributed by atoms with Gasteiger partial charge in [-0.05, 0) is 41.6 Å². The van der Waals surface area contributed by atoms with Gasteiger partial charge in [-0.2, -0.15) is 0 Å². The predicted octanol–water partition coefficient (Wildman–Crippen LogP) is 3.13. The number of hydrogen-bond acceptors (Lipinski definition) is 3. The van der Waals surface area contributed by atoms with Crippen molar-refractivity contribution < 1.29 is 14.3 Å². The topological polar surface area (TPSA) is 35.5 Å². The van der Waals surface area contributed by atoms with E-state index in [0.717, 1.165) is 3.57 Å². The summed E-state index contributed by atoms with van der Waals surface area (Å²) in [4.78, 5) is 11.6. The molecule has 1 aromatic carbocycles. The Morgan fingerprint density at radius 1 is 1.53 bits per heavy atom. The number of carbonyl (C=O) groups excluding carboxylic acids is 1. The first-order valence-corrected chi connectivity index (χ1v) is 5.76. The molecule has 0 saturated heterocycles. The Morgan fingerprint density at radius 2 is 2.20 bits per heavy atom. The average molecular weight is 341 g/mol. The second kappa shape index (κ2) is 5.55. The van der Waals surface area contributed by atoms with Crippen molar-refractivity contribution in [1.82, 2.24) is 0 Å². The summed E-state index contributed by atoms with van der Waals surface area (Å²) in [6, 6.07) is 3.48. The van der Waals surface area contributed by atoms with Gasteiger partial charge in [0.25, 0.3) is 0 Å². The van der Waals surface area contributed by atoms with E-state index >= 15 is 0 Å². The normalized spacial score (nSPS) is 9.87. The molecule has 0 aromatic heterocycles. The van der Waals surface area contributed by atoms with Gasteiger partial charge in [0, 0.05) is 3.57 Å². The van der Waals surface area contributed by atoms with E-state index in [4.69, 9.17) is 21.1 Å². The summed E-state index contributed by atoms with van der Waals surface area (Å²) in [5.41, 5.74) is 0.360. The number of carbonyl (C=O) groups is 1. The van der Waals surface area contributed by atoms with Crippen LogP contribution in [0.4, 0.5) is 0 Å². The highest BCUT2D eigenvalue weighted by atomic mass is 127. The Hall–Kier alpha value is -0.490. The van der Waals surface area contributed by atoms with Crippen molar-refractivity contribution in [2.24, 2.45) is 0 Å². The molecule has 0 radical (unpaired) electrons. The minimum absolute atomic E-state index is 0.294. The van der Waals surface area contributed by atoms with Gasteiger partial charge in [-0.25, -0.2) is 4.79 Å². The Kier molecular flexibility index (Phi) is 4.66. The molecule has 0 heterocycles. The van der Waals surface area contributed by atoms with Crippen LogP contribution in [0.3, 0.4) is 0 Å². The molecule has 1 rings (SSSR count). The van der Waals surface area contributed by atoms with E-state index in [9.17, 15) is 4.79 Å². The Bertz CT molecular complexity index is 379. The van der Waals surface area contributed by atoms with Crippen LogP contribution in [0, 0.1) is 3.57 Å². The quantitative estimate of drug-likeness (QED) is 0.626. The Labute approximate surface area is 107 Å². The van der Waals surface area contributed by atoms with Crippen LogP contribution in [0.25, 0.3) is 0 Å². The molecule has 0 N–H and O–H groups in total. The van der Waals surface area contributed by atoms with Gasteiger partial charge in [0.05, 0.1) is 24.3 Å². The minimum atomic E-state index is -0.425. The first-order chi connectivity index (χ1) is 7.11. The molecule has 3 nitrogen and oxygen atoms in total. The van der Waals surface area contributed by atoms with E-state index in [-0.39, 0.29) is 0 Å². The van der Waals surface area contributed by atoms with Gasteiger partial charge < -0.3 is 9.47 Å². The van der Waals surface area contributed by atoms with Crippen LogP contribution in [-0.4, -0.2) is 19.7 Å².